The highest BCUT2D eigenvalue weighted by Crippen LogP contribution is 2.27. The molecule has 2 atom stereocenters. The van der Waals surface area contributed by atoms with Crippen LogP contribution in [0.5, 0.6) is 5.75 Å². The molecule has 0 bridgehead atoms. The van der Waals surface area contributed by atoms with Crippen molar-refractivity contribution in [3.8, 4) is 5.75 Å². The van der Waals surface area contributed by atoms with Gasteiger partial charge in [0.1, 0.15) is 11.8 Å². The third-order valence-corrected chi connectivity index (χ3v) is 6.18. The van der Waals surface area contributed by atoms with E-state index in [0.717, 1.165) is 12.0 Å². The van der Waals surface area contributed by atoms with Crippen molar-refractivity contribution >= 4 is 27.5 Å². The largest absolute Gasteiger partial charge is 0.492 e. The van der Waals surface area contributed by atoms with Crippen LogP contribution in [0.3, 0.4) is 0 Å². The maximum absolute atomic E-state index is 12.9. The summed E-state index contributed by atoms with van der Waals surface area (Å²) in [6, 6.07) is 12.5. The van der Waals surface area contributed by atoms with Crippen molar-refractivity contribution < 1.29 is 17.9 Å². The molecule has 2 aromatic rings. The molecule has 2 N–H and O–H groups in total. The molecule has 0 radical (unpaired) electrons. The second kappa shape index (κ2) is 10.6. The maximum Gasteiger partial charge on any atom is 0.241 e. The highest BCUT2D eigenvalue weighted by molar-refractivity contribution is 7.89. The minimum atomic E-state index is -3.97. The maximum atomic E-state index is 12.9. The van der Waals surface area contributed by atoms with Crippen LogP contribution in [0.1, 0.15) is 32.8 Å². The van der Waals surface area contributed by atoms with Crippen LogP contribution in [0.2, 0.25) is 5.02 Å². The van der Waals surface area contributed by atoms with Crippen LogP contribution in [0.15, 0.2) is 53.4 Å². The van der Waals surface area contributed by atoms with Gasteiger partial charge in [-0.2, -0.15) is 4.72 Å². The van der Waals surface area contributed by atoms with E-state index in [0.29, 0.717) is 12.4 Å². The number of hydrogen-bond acceptors (Lipinski definition) is 4. The van der Waals surface area contributed by atoms with Gasteiger partial charge in [-0.1, -0.05) is 48.9 Å². The number of amides is 1. The van der Waals surface area contributed by atoms with Crippen LogP contribution in [0, 0.1) is 0 Å². The van der Waals surface area contributed by atoms with E-state index < -0.39 is 16.1 Å². The van der Waals surface area contributed by atoms with Gasteiger partial charge in [0, 0.05) is 6.04 Å². The quantitative estimate of drug-likeness (QED) is 0.594. The fourth-order valence-corrected chi connectivity index (χ4v) is 4.18. The highest BCUT2D eigenvalue weighted by atomic mass is 35.5. The lowest BCUT2D eigenvalue weighted by Crippen LogP contribution is -2.50. The molecule has 0 saturated heterocycles. The Bertz CT molecular complexity index is 920. The van der Waals surface area contributed by atoms with Crippen LogP contribution in [-0.4, -0.2) is 33.0 Å². The van der Waals surface area contributed by atoms with Gasteiger partial charge in [0.2, 0.25) is 15.9 Å². The predicted molar refractivity (Wildman–Crippen MR) is 115 cm³/mol. The average molecular weight is 439 g/mol. The first-order chi connectivity index (χ1) is 13.8. The molecule has 0 heterocycles. The summed E-state index contributed by atoms with van der Waals surface area (Å²) < 4.78 is 33.7. The van der Waals surface area contributed by atoms with Crippen molar-refractivity contribution in [1.29, 1.82) is 0 Å². The number of rotatable bonds is 10. The van der Waals surface area contributed by atoms with Crippen molar-refractivity contribution in [1.82, 2.24) is 10.0 Å². The van der Waals surface area contributed by atoms with Gasteiger partial charge < -0.3 is 10.1 Å². The smallest absolute Gasteiger partial charge is 0.241 e. The first-order valence-electron chi connectivity index (χ1n) is 9.55. The number of benzene rings is 2. The van der Waals surface area contributed by atoms with Gasteiger partial charge in [0.05, 0.1) is 16.5 Å². The van der Waals surface area contributed by atoms with Crippen molar-refractivity contribution in [2.24, 2.45) is 0 Å². The predicted octanol–water partition coefficient (Wildman–Crippen LogP) is 3.54. The van der Waals surface area contributed by atoms with Gasteiger partial charge in [-0.3, -0.25) is 4.79 Å². The van der Waals surface area contributed by atoms with Gasteiger partial charge in [-0.05, 0) is 50.5 Å². The number of carbonyl (C=O) groups is 1. The fourth-order valence-electron chi connectivity index (χ4n) is 2.66. The molecule has 8 heteroatoms. The molecule has 0 aliphatic carbocycles. The minimum absolute atomic E-state index is 0.0274. The Morgan fingerprint density at radius 3 is 2.41 bits per heavy atom. The Morgan fingerprint density at radius 1 is 1.14 bits per heavy atom. The Hall–Kier alpha value is -2.09. The second-order valence-corrected chi connectivity index (χ2v) is 8.83. The van der Waals surface area contributed by atoms with E-state index in [1.54, 1.807) is 0 Å². The van der Waals surface area contributed by atoms with Gasteiger partial charge in [0.15, 0.2) is 0 Å². The number of sulfonamides is 1. The zero-order valence-corrected chi connectivity index (χ0v) is 18.4. The zero-order valence-electron chi connectivity index (χ0n) is 16.8. The number of carbonyl (C=O) groups excluding carboxylic acids is 1. The second-order valence-electron chi connectivity index (χ2n) is 6.71. The monoisotopic (exact) mass is 438 g/mol. The summed E-state index contributed by atoms with van der Waals surface area (Å²) in [5, 5.41) is 3.04. The first-order valence-corrected chi connectivity index (χ1v) is 11.4. The van der Waals surface area contributed by atoms with Crippen molar-refractivity contribution in [3.63, 3.8) is 0 Å². The summed E-state index contributed by atoms with van der Waals surface area (Å²) >= 11 is 6.13. The standard InChI is InChI=1S/C21H27ClN2O4S/c1-4-15(3)23-21(25)19(13-16-9-7-6-8-10-16)24-29(26,27)17-11-12-20(28-5-2)18(22)14-17/h6-12,14-15,19,24H,4-5,13H2,1-3H3,(H,23,25)/t15-,19+/m0/s1. The lowest BCUT2D eigenvalue weighted by atomic mass is 10.1. The topological polar surface area (TPSA) is 84.5 Å². The SMILES string of the molecule is CCOc1ccc(S(=O)(=O)N[C@H](Cc2ccccc2)C(=O)N[C@@H](C)CC)cc1Cl. The van der Waals surface area contributed by atoms with Crippen LogP contribution in [0.25, 0.3) is 0 Å². The first kappa shape index (κ1) is 23.2. The Kier molecular flexibility index (Phi) is 8.49. The van der Waals surface area contributed by atoms with Crippen LogP contribution < -0.4 is 14.8 Å². The Morgan fingerprint density at radius 2 is 1.83 bits per heavy atom. The van der Waals surface area contributed by atoms with Crippen LogP contribution in [-0.2, 0) is 21.2 Å². The van der Waals surface area contributed by atoms with Gasteiger partial charge in [0.25, 0.3) is 0 Å². The van der Waals surface area contributed by atoms with E-state index in [2.05, 4.69) is 10.0 Å². The number of nitrogens with one attached hydrogen (secondary N) is 2. The van der Waals surface area contributed by atoms with E-state index in [1.807, 2.05) is 51.1 Å². The Balaban J connectivity index is 2.28. The van der Waals surface area contributed by atoms with Crippen LogP contribution in [0.4, 0.5) is 0 Å². The molecular weight excluding hydrogens is 412 g/mol. The molecule has 0 spiro atoms. The summed E-state index contributed by atoms with van der Waals surface area (Å²) in [7, 11) is -3.97. The van der Waals surface area contributed by atoms with Gasteiger partial charge >= 0.3 is 0 Å². The van der Waals surface area contributed by atoms with E-state index in [9.17, 15) is 13.2 Å². The molecule has 2 rings (SSSR count). The van der Waals surface area contributed by atoms with Crippen molar-refractivity contribution in [2.75, 3.05) is 6.61 Å². The molecule has 0 aliphatic heterocycles. The lowest BCUT2D eigenvalue weighted by molar-refractivity contribution is -0.123. The normalized spacial score (nSPS) is 13.5. The molecule has 0 aliphatic rings. The molecule has 158 valence electrons. The van der Waals surface area contributed by atoms with E-state index >= 15 is 0 Å². The summed E-state index contributed by atoms with van der Waals surface area (Å²) in [6.45, 7) is 6.05. The zero-order chi connectivity index (χ0) is 21.4. The Labute approximate surface area is 177 Å². The molecule has 2 aromatic carbocycles. The molecule has 0 aromatic heterocycles. The average Bonchev–Trinajstić information content (AvgIpc) is 2.69. The van der Waals surface area contributed by atoms with E-state index in [1.165, 1.54) is 18.2 Å². The van der Waals surface area contributed by atoms with Crippen molar-refractivity contribution in [3.05, 3.63) is 59.1 Å². The molecule has 0 unspecified atom stereocenters. The summed E-state index contributed by atoms with van der Waals surface area (Å²) in [6.07, 6.45) is 0.970. The number of hydrogen-bond donors (Lipinski definition) is 2. The summed E-state index contributed by atoms with van der Waals surface area (Å²) in [5.41, 5.74) is 0.851. The lowest BCUT2D eigenvalue weighted by Gasteiger charge is -2.21. The van der Waals surface area contributed by atoms with Crippen LogP contribution >= 0.6 is 11.6 Å². The highest BCUT2D eigenvalue weighted by Gasteiger charge is 2.27. The molecule has 6 nitrogen and oxygen atoms in total. The molecular formula is C21H27ClN2O4S. The van der Waals surface area contributed by atoms with Crippen molar-refractivity contribution in [2.45, 2.75) is 50.6 Å². The van der Waals surface area contributed by atoms with E-state index in [-0.39, 0.29) is 28.3 Å². The fraction of sp³-hybridized carbons (Fsp3) is 0.381. The van der Waals surface area contributed by atoms with Gasteiger partial charge in [-0.25, -0.2) is 8.42 Å². The number of ether oxygens (including phenoxy) is 1. The van der Waals surface area contributed by atoms with E-state index in [4.69, 9.17) is 16.3 Å². The molecule has 0 fully saturated rings. The third-order valence-electron chi connectivity index (χ3n) is 4.41. The number of halogens is 1. The minimum Gasteiger partial charge on any atom is -0.492 e. The molecule has 1 amide bonds. The third kappa shape index (κ3) is 6.73. The molecule has 29 heavy (non-hydrogen) atoms. The molecule has 0 saturated carbocycles. The van der Waals surface area contributed by atoms with Gasteiger partial charge in [-0.15, -0.1) is 0 Å². The summed E-state index contributed by atoms with van der Waals surface area (Å²) in [4.78, 5) is 12.7. The summed E-state index contributed by atoms with van der Waals surface area (Å²) in [5.74, 6) is 0.0345.